The minimum atomic E-state index is -0.306. The molecule has 1 saturated heterocycles. The molecule has 9 heteroatoms. The van der Waals surface area contributed by atoms with Crippen molar-refractivity contribution in [2.45, 2.75) is 37.8 Å². The fourth-order valence-electron chi connectivity index (χ4n) is 5.15. The highest BCUT2D eigenvalue weighted by Gasteiger charge is 2.34. The highest BCUT2D eigenvalue weighted by Crippen LogP contribution is 2.36. The largest absolute Gasteiger partial charge is 0.345 e. The second-order valence-corrected chi connectivity index (χ2v) is 9.84. The lowest BCUT2D eigenvalue weighted by Gasteiger charge is -2.39. The number of benzene rings is 2. The maximum Gasteiger partial charge on any atom is 0.186 e. The van der Waals surface area contributed by atoms with Crippen LogP contribution in [0, 0.1) is 5.82 Å². The first-order valence-electron chi connectivity index (χ1n) is 11.6. The monoisotopic (exact) mass is 463 g/mol. The zero-order valence-corrected chi connectivity index (χ0v) is 19.2. The minimum Gasteiger partial charge on any atom is -0.345 e. The van der Waals surface area contributed by atoms with E-state index in [0.717, 1.165) is 55.5 Å². The number of thiazole rings is 1. The first-order chi connectivity index (χ1) is 16.3. The van der Waals surface area contributed by atoms with Crippen LogP contribution in [0.25, 0.3) is 10.2 Å². The Morgan fingerprint density at radius 1 is 0.939 bits per heavy atom. The molecule has 1 aliphatic heterocycles. The number of hydrogen-bond donors (Lipinski definition) is 0. The van der Waals surface area contributed by atoms with Crippen molar-refractivity contribution in [1.82, 2.24) is 30.1 Å². The molecule has 0 spiro atoms. The Hall–Kier alpha value is -2.91. The molecular weight excluding hydrogens is 437 g/mol. The fraction of sp³-hybridized carbons (Fsp3) is 0.417. The van der Waals surface area contributed by atoms with Gasteiger partial charge in [0.1, 0.15) is 11.9 Å². The van der Waals surface area contributed by atoms with Gasteiger partial charge in [0.25, 0.3) is 0 Å². The lowest BCUT2D eigenvalue weighted by molar-refractivity contribution is 0.194. The molecule has 2 aromatic heterocycles. The van der Waals surface area contributed by atoms with Crippen molar-refractivity contribution in [3.05, 3.63) is 65.7 Å². The summed E-state index contributed by atoms with van der Waals surface area (Å²) in [4.78, 5) is 9.48. The van der Waals surface area contributed by atoms with Crippen molar-refractivity contribution in [2.24, 2.45) is 0 Å². The molecule has 2 aliphatic rings. The van der Waals surface area contributed by atoms with Crippen molar-refractivity contribution in [3.63, 3.8) is 0 Å². The molecule has 6 rings (SSSR count). The molecule has 33 heavy (non-hydrogen) atoms. The third kappa shape index (κ3) is 3.89. The topological polar surface area (TPSA) is 63.0 Å². The summed E-state index contributed by atoms with van der Waals surface area (Å²) in [7, 11) is 0. The van der Waals surface area contributed by atoms with E-state index in [2.05, 4.69) is 43.5 Å². The van der Waals surface area contributed by atoms with Crippen molar-refractivity contribution >= 4 is 26.7 Å². The van der Waals surface area contributed by atoms with Gasteiger partial charge in [-0.25, -0.2) is 14.1 Å². The van der Waals surface area contributed by atoms with Crippen LogP contribution in [0.15, 0.2) is 48.5 Å². The van der Waals surface area contributed by atoms with Crippen LogP contribution >= 0.6 is 11.3 Å². The summed E-state index contributed by atoms with van der Waals surface area (Å²) in [5, 5.41) is 13.8. The lowest BCUT2D eigenvalue weighted by Crippen LogP contribution is -2.48. The van der Waals surface area contributed by atoms with Gasteiger partial charge in [-0.05, 0) is 41.5 Å². The van der Waals surface area contributed by atoms with E-state index >= 15 is 4.39 Å². The zero-order valence-electron chi connectivity index (χ0n) is 18.3. The predicted octanol–water partition coefficient (Wildman–Crippen LogP) is 4.45. The van der Waals surface area contributed by atoms with Gasteiger partial charge in [-0.15, -0.1) is 5.10 Å². The van der Waals surface area contributed by atoms with Crippen LogP contribution in [0.5, 0.6) is 0 Å². The number of anilines is 1. The first-order valence-corrected chi connectivity index (χ1v) is 12.5. The van der Waals surface area contributed by atoms with E-state index in [1.165, 1.54) is 23.6 Å². The van der Waals surface area contributed by atoms with Gasteiger partial charge in [-0.3, -0.25) is 4.90 Å². The zero-order chi connectivity index (χ0) is 22.2. The fourth-order valence-corrected chi connectivity index (χ4v) is 6.17. The van der Waals surface area contributed by atoms with Gasteiger partial charge >= 0.3 is 0 Å². The molecule has 170 valence electrons. The number of aromatic nitrogens is 5. The Labute approximate surface area is 195 Å². The number of nitrogens with zero attached hydrogens (tertiary/aromatic N) is 7. The number of rotatable bonds is 5. The van der Waals surface area contributed by atoms with Gasteiger partial charge in [0.05, 0.1) is 16.3 Å². The predicted molar refractivity (Wildman–Crippen MR) is 127 cm³/mol. The van der Waals surface area contributed by atoms with E-state index in [-0.39, 0.29) is 11.9 Å². The molecule has 2 aromatic carbocycles. The maximum absolute atomic E-state index is 15.0. The molecule has 1 aliphatic carbocycles. The highest BCUT2D eigenvalue weighted by molar-refractivity contribution is 7.22. The number of para-hydroxylation sites is 1. The third-order valence-electron chi connectivity index (χ3n) is 6.87. The van der Waals surface area contributed by atoms with Crippen LogP contribution in [0.2, 0.25) is 0 Å². The Balaban J connectivity index is 1.29. The van der Waals surface area contributed by atoms with Crippen LogP contribution in [0.1, 0.15) is 49.2 Å². The molecule has 0 amide bonds. The number of tetrazole rings is 1. The normalized spacial score (nSPS) is 18.9. The van der Waals surface area contributed by atoms with E-state index < -0.39 is 0 Å². The number of piperazine rings is 1. The van der Waals surface area contributed by atoms with Gasteiger partial charge in [-0.1, -0.05) is 54.5 Å². The van der Waals surface area contributed by atoms with Crippen molar-refractivity contribution < 1.29 is 4.39 Å². The molecule has 4 aromatic rings. The Bertz CT molecular complexity index is 1210. The molecule has 0 unspecified atom stereocenters. The quantitative estimate of drug-likeness (QED) is 0.436. The number of hydrogen-bond acceptors (Lipinski definition) is 7. The SMILES string of the molecule is Fc1ccccc1[C@@H](c1nnnn1C1CCCC1)N1CCN(c2nc3ccccc3s2)CC1. The van der Waals surface area contributed by atoms with Crippen molar-refractivity contribution in [2.75, 3.05) is 31.1 Å². The number of fused-ring (bicyclic) bond motifs is 1. The summed E-state index contributed by atoms with van der Waals surface area (Å²) in [6.07, 6.45) is 4.53. The highest BCUT2D eigenvalue weighted by atomic mass is 32.1. The average Bonchev–Trinajstić information content (AvgIpc) is 3.61. The third-order valence-corrected chi connectivity index (χ3v) is 7.96. The number of halogens is 1. The molecule has 1 saturated carbocycles. The molecule has 0 N–H and O–H groups in total. The first kappa shape index (κ1) is 20.7. The van der Waals surface area contributed by atoms with E-state index in [4.69, 9.17) is 4.98 Å². The molecule has 3 heterocycles. The van der Waals surface area contributed by atoms with E-state index in [1.54, 1.807) is 17.4 Å². The van der Waals surface area contributed by atoms with E-state index in [9.17, 15) is 0 Å². The van der Waals surface area contributed by atoms with E-state index in [1.807, 2.05) is 22.9 Å². The summed E-state index contributed by atoms with van der Waals surface area (Å²) in [5.74, 6) is 0.539. The molecule has 2 fully saturated rings. The summed E-state index contributed by atoms with van der Waals surface area (Å²) in [6.45, 7) is 3.23. The van der Waals surface area contributed by atoms with Crippen LogP contribution in [-0.2, 0) is 0 Å². The maximum atomic E-state index is 15.0. The summed E-state index contributed by atoms with van der Waals surface area (Å²) >= 11 is 1.73. The Morgan fingerprint density at radius 2 is 1.70 bits per heavy atom. The van der Waals surface area contributed by atoms with Gasteiger partial charge in [0.15, 0.2) is 11.0 Å². The molecule has 0 radical (unpaired) electrons. The van der Waals surface area contributed by atoms with Gasteiger partial charge in [0.2, 0.25) is 0 Å². The minimum absolute atomic E-state index is 0.211. The average molecular weight is 464 g/mol. The van der Waals surface area contributed by atoms with Crippen LogP contribution in [0.4, 0.5) is 9.52 Å². The van der Waals surface area contributed by atoms with Gasteiger partial charge in [-0.2, -0.15) is 0 Å². The van der Waals surface area contributed by atoms with Crippen LogP contribution in [0.3, 0.4) is 0 Å². The second-order valence-electron chi connectivity index (χ2n) is 8.83. The summed E-state index contributed by atoms with van der Waals surface area (Å²) in [5.41, 5.74) is 1.68. The van der Waals surface area contributed by atoms with Crippen molar-refractivity contribution in [1.29, 1.82) is 0 Å². The lowest BCUT2D eigenvalue weighted by atomic mass is 10.0. The van der Waals surface area contributed by atoms with Crippen LogP contribution in [-0.4, -0.2) is 56.3 Å². The Kier molecular flexibility index (Phi) is 5.51. The molecular formula is C24H26FN7S. The van der Waals surface area contributed by atoms with Crippen molar-refractivity contribution in [3.8, 4) is 0 Å². The smallest absolute Gasteiger partial charge is 0.186 e. The second kappa shape index (κ2) is 8.79. The standard InChI is InChI=1S/C24H26FN7S/c25-19-10-4-3-9-18(19)22(23-27-28-29-32(23)17-7-1-2-8-17)30-13-15-31(16-14-30)24-26-20-11-5-6-12-21(20)33-24/h3-6,9-12,17,22H,1-2,7-8,13-16H2/t22-/m0/s1. The van der Waals surface area contributed by atoms with Crippen LogP contribution < -0.4 is 4.90 Å². The molecule has 1 atom stereocenters. The Morgan fingerprint density at radius 3 is 2.48 bits per heavy atom. The molecule has 7 nitrogen and oxygen atoms in total. The van der Waals surface area contributed by atoms with Gasteiger partial charge < -0.3 is 4.90 Å². The van der Waals surface area contributed by atoms with Gasteiger partial charge in [0, 0.05) is 31.7 Å². The molecule has 0 bridgehead atoms. The van der Waals surface area contributed by atoms with E-state index in [0.29, 0.717) is 11.6 Å². The summed E-state index contributed by atoms with van der Waals surface area (Å²) < 4.78 is 18.2. The summed E-state index contributed by atoms with van der Waals surface area (Å²) in [6, 6.07) is 15.3.